The van der Waals surface area contributed by atoms with Crippen molar-refractivity contribution in [1.29, 1.82) is 5.26 Å². The van der Waals surface area contributed by atoms with E-state index in [1.165, 1.54) is 23.1 Å². The monoisotopic (exact) mass is 359 g/mol. The van der Waals surface area contributed by atoms with Crippen molar-refractivity contribution in [2.24, 2.45) is 7.05 Å². The minimum absolute atomic E-state index is 0.126. The lowest BCUT2D eigenvalue weighted by Crippen LogP contribution is -2.13. The van der Waals surface area contributed by atoms with Gasteiger partial charge in [0.25, 0.3) is 0 Å². The van der Waals surface area contributed by atoms with Gasteiger partial charge in [0, 0.05) is 18.1 Å². The Kier molecular flexibility index (Phi) is 4.78. The van der Waals surface area contributed by atoms with Crippen LogP contribution in [-0.2, 0) is 11.8 Å². The average molecular weight is 359 g/mol. The molecule has 0 aliphatic carbocycles. The fourth-order valence-corrected chi connectivity index (χ4v) is 3.73. The van der Waals surface area contributed by atoms with Gasteiger partial charge in [-0.25, -0.2) is 4.98 Å². The van der Waals surface area contributed by atoms with E-state index in [0.717, 1.165) is 5.69 Å². The summed E-state index contributed by atoms with van der Waals surface area (Å²) in [6.45, 7) is 1.84. The second-order valence-electron chi connectivity index (χ2n) is 4.99. The van der Waals surface area contributed by atoms with Crippen LogP contribution in [0.15, 0.2) is 33.3 Å². The molecule has 3 aromatic rings. The van der Waals surface area contributed by atoms with Gasteiger partial charge < -0.3 is 8.98 Å². The Balaban J connectivity index is 1.69. The highest BCUT2D eigenvalue weighted by atomic mass is 32.2. The van der Waals surface area contributed by atoms with E-state index < -0.39 is 5.92 Å². The molecular weight excluding hydrogens is 346 g/mol. The summed E-state index contributed by atoms with van der Waals surface area (Å²) in [6.07, 6.45) is 1.56. The molecule has 0 unspecified atom stereocenters. The molecule has 3 heterocycles. The quantitative estimate of drug-likeness (QED) is 0.624. The van der Waals surface area contributed by atoms with Crippen molar-refractivity contribution in [2.45, 2.75) is 18.0 Å². The number of thiazole rings is 1. The summed E-state index contributed by atoms with van der Waals surface area (Å²) in [5.41, 5.74) is 0.812. The van der Waals surface area contributed by atoms with Gasteiger partial charge in [-0.05, 0) is 19.1 Å². The first-order chi connectivity index (χ1) is 11.6. The van der Waals surface area contributed by atoms with Crippen molar-refractivity contribution in [1.82, 2.24) is 19.7 Å². The van der Waals surface area contributed by atoms with E-state index in [-0.39, 0.29) is 11.5 Å². The maximum absolute atomic E-state index is 12.4. The first-order valence-electron chi connectivity index (χ1n) is 7.00. The zero-order chi connectivity index (χ0) is 17.1. The van der Waals surface area contributed by atoms with Crippen molar-refractivity contribution in [3.63, 3.8) is 0 Å². The molecule has 0 N–H and O–H groups in total. The zero-order valence-electron chi connectivity index (χ0n) is 13.0. The predicted molar refractivity (Wildman–Crippen MR) is 89.6 cm³/mol. The SMILES string of the molecule is Cc1csc([C@@H](C#N)C(=O)CSc2nnc(-c3ccco3)n2C)n1. The molecule has 3 aromatic heterocycles. The molecule has 7 nitrogen and oxygen atoms in total. The molecule has 1 atom stereocenters. The highest BCUT2D eigenvalue weighted by Gasteiger charge is 2.24. The average Bonchev–Trinajstić information content (AvgIpc) is 3.28. The summed E-state index contributed by atoms with van der Waals surface area (Å²) < 4.78 is 7.06. The number of hydrogen-bond donors (Lipinski definition) is 0. The van der Waals surface area contributed by atoms with E-state index in [9.17, 15) is 10.1 Å². The van der Waals surface area contributed by atoms with E-state index in [1.807, 2.05) is 18.4 Å². The third kappa shape index (κ3) is 3.25. The number of ketones is 1. The predicted octanol–water partition coefficient (Wildman–Crippen LogP) is 2.81. The van der Waals surface area contributed by atoms with E-state index >= 15 is 0 Å². The molecular formula is C15H13N5O2S2. The Morgan fingerprint density at radius 1 is 1.54 bits per heavy atom. The van der Waals surface area contributed by atoms with Gasteiger partial charge in [0.15, 0.2) is 28.4 Å². The summed E-state index contributed by atoms with van der Waals surface area (Å²) in [7, 11) is 1.80. The smallest absolute Gasteiger partial charge is 0.200 e. The fraction of sp³-hybridized carbons (Fsp3) is 0.267. The highest BCUT2D eigenvalue weighted by molar-refractivity contribution is 7.99. The zero-order valence-corrected chi connectivity index (χ0v) is 14.6. The Labute approximate surface area is 146 Å². The molecule has 0 saturated heterocycles. The number of nitriles is 1. The van der Waals surface area contributed by atoms with Gasteiger partial charge >= 0.3 is 0 Å². The summed E-state index contributed by atoms with van der Waals surface area (Å²) >= 11 is 2.57. The van der Waals surface area contributed by atoms with Crippen LogP contribution in [-0.4, -0.2) is 31.3 Å². The molecule has 0 aliphatic rings. The Hall–Kier alpha value is -2.44. The van der Waals surface area contributed by atoms with Crippen LogP contribution in [0.5, 0.6) is 0 Å². The number of hydrogen-bond acceptors (Lipinski definition) is 8. The summed E-state index contributed by atoms with van der Waals surface area (Å²) in [4.78, 5) is 16.6. The van der Waals surface area contributed by atoms with E-state index in [4.69, 9.17) is 4.42 Å². The van der Waals surface area contributed by atoms with Crippen LogP contribution in [0, 0.1) is 18.3 Å². The van der Waals surface area contributed by atoms with Crippen molar-refractivity contribution in [3.8, 4) is 17.7 Å². The molecule has 0 amide bonds. The number of thioether (sulfide) groups is 1. The largest absolute Gasteiger partial charge is 0.461 e. The number of Topliss-reactive ketones (excluding diaryl/α,β-unsaturated/α-hetero) is 1. The van der Waals surface area contributed by atoms with Crippen molar-refractivity contribution < 1.29 is 9.21 Å². The number of furan rings is 1. The number of aryl methyl sites for hydroxylation is 1. The molecule has 0 radical (unpaired) electrons. The molecule has 0 spiro atoms. The number of rotatable bonds is 6. The molecule has 0 saturated carbocycles. The molecule has 122 valence electrons. The first-order valence-corrected chi connectivity index (χ1v) is 8.87. The fourth-order valence-electron chi connectivity index (χ4n) is 2.05. The second-order valence-corrected chi connectivity index (χ2v) is 6.82. The molecule has 0 aromatic carbocycles. The van der Waals surface area contributed by atoms with E-state index in [0.29, 0.717) is 21.7 Å². The van der Waals surface area contributed by atoms with Gasteiger partial charge in [-0.2, -0.15) is 5.26 Å². The molecule has 3 rings (SSSR count). The second kappa shape index (κ2) is 6.98. The van der Waals surface area contributed by atoms with Crippen LogP contribution in [0.4, 0.5) is 0 Å². The summed E-state index contributed by atoms with van der Waals surface area (Å²) in [5.74, 6) is 0.285. The highest BCUT2D eigenvalue weighted by Crippen LogP contribution is 2.26. The molecule has 9 heteroatoms. The Bertz CT molecular complexity index is 892. The minimum Gasteiger partial charge on any atom is -0.461 e. The van der Waals surface area contributed by atoms with Crippen molar-refractivity contribution in [2.75, 3.05) is 5.75 Å². The van der Waals surface area contributed by atoms with Crippen LogP contribution in [0.1, 0.15) is 16.6 Å². The lowest BCUT2D eigenvalue weighted by atomic mass is 10.1. The first kappa shape index (κ1) is 16.4. The van der Waals surface area contributed by atoms with Crippen LogP contribution < -0.4 is 0 Å². The van der Waals surface area contributed by atoms with Gasteiger partial charge in [0.1, 0.15) is 5.01 Å². The lowest BCUT2D eigenvalue weighted by Gasteiger charge is -2.05. The number of carbonyl (C=O) groups excluding carboxylic acids is 1. The van der Waals surface area contributed by atoms with Gasteiger partial charge in [-0.3, -0.25) is 4.79 Å². The summed E-state index contributed by atoms with van der Waals surface area (Å²) in [6, 6.07) is 5.60. The molecule has 0 fully saturated rings. The van der Waals surface area contributed by atoms with Gasteiger partial charge in [0.05, 0.1) is 18.1 Å². The Morgan fingerprint density at radius 3 is 3.00 bits per heavy atom. The van der Waals surface area contributed by atoms with Crippen molar-refractivity contribution >= 4 is 28.9 Å². The maximum atomic E-state index is 12.4. The number of aromatic nitrogens is 4. The van der Waals surface area contributed by atoms with E-state index in [2.05, 4.69) is 15.2 Å². The molecule has 0 bridgehead atoms. The number of nitrogens with zero attached hydrogens (tertiary/aromatic N) is 5. The normalized spacial score (nSPS) is 12.0. The van der Waals surface area contributed by atoms with E-state index in [1.54, 1.807) is 30.0 Å². The molecule has 0 aliphatic heterocycles. The van der Waals surface area contributed by atoms with Gasteiger partial charge in [-0.15, -0.1) is 21.5 Å². The topological polar surface area (TPSA) is 97.6 Å². The minimum atomic E-state index is -0.839. The lowest BCUT2D eigenvalue weighted by molar-refractivity contribution is -0.116. The number of carbonyl (C=O) groups is 1. The third-order valence-corrected chi connectivity index (χ3v) is 5.32. The van der Waals surface area contributed by atoms with Crippen LogP contribution in [0.25, 0.3) is 11.6 Å². The van der Waals surface area contributed by atoms with Gasteiger partial charge in [0.2, 0.25) is 0 Å². The molecule has 24 heavy (non-hydrogen) atoms. The van der Waals surface area contributed by atoms with Crippen LogP contribution >= 0.6 is 23.1 Å². The third-order valence-electron chi connectivity index (χ3n) is 3.25. The maximum Gasteiger partial charge on any atom is 0.200 e. The Morgan fingerprint density at radius 2 is 2.38 bits per heavy atom. The standard InChI is InChI=1S/C15H13N5O2S2/c1-9-7-23-14(17-9)10(6-16)11(21)8-24-15-19-18-13(20(15)2)12-4-3-5-22-12/h3-5,7,10H,8H2,1-2H3/t10-/m0/s1. The summed E-state index contributed by atoms with van der Waals surface area (Å²) in [5, 5.41) is 20.4. The van der Waals surface area contributed by atoms with Crippen LogP contribution in [0.2, 0.25) is 0 Å². The van der Waals surface area contributed by atoms with Crippen molar-refractivity contribution in [3.05, 3.63) is 34.5 Å². The van der Waals surface area contributed by atoms with Crippen LogP contribution in [0.3, 0.4) is 0 Å². The van der Waals surface area contributed by atoms with Gasteiger partial charge in [-0.1, -0.05) is 11.8 Å².